The predicted octanol–water partition coefficient (Wildman–Crippen LogP) is 2.93. The van der Waals surface area contributed by atoms with Crippen molar-refractivity contribution in [1.29, 1.82) is 0 Å². The lowest BCUT2D eigenvalue weighted by Gasteiger charge is -2.34. The summed E-state index contributed by atoms with van der Waals surface area (Å²) in [6.07, 6.45) is 2.18. The quantitative estimate of drug-likeness (QED) is 0.698. The molecule has 0 aliphatic carbocycles. The third kappa shape index (κ3) is 3.46. The molecule has 17 heavy (non-hydrogen) atoms. The average Bonchev–Trinajstić information content (AvgIpc) is 2.39. The molecule has 0 aromatic heterocycles. The van der Waals surface area contributed by atoms with Crippen LogP contribution in [0.1, 0.15) is 41.0 Å². The third-order valence-electron chi connectivity index (χ3n) is 2.60. The SMILES string of the molecule is C=CC[C@H]1COC(C)(C)N1C(=O)OC(C)(C)C. The van der Waals surface area contributed by atoms with Gasteiger partial charge in [0.2, 0.25) is 0 Å². The van der Waals surface area contributed by atoms with Crippen LogP contribution in [-0.4, -0.2) is 35.0 Å². The highest BCUT2D eigenvalue weighted by molar-refractivity contribution is 5.69. The van der Waals surface area contributed by atoms with Crippen LogP contribution >= 0.6 is 0 Å². The number of hydrogen-bond acceptors (Lipinski definition) is 3. The van der Waals surface area contributed by atoms with Crippen molar-refractivity contribution in [2.24, 2.45) is 0 Å². The number of rotatable bonds is 2. The first kappa shape index (κ1) is 14.0. The molecule has 1 aliphatic heterocycles. The normalized spacial score (nSPS) is 23.6. The maximum atomic E-state index is 12.2. The number of carbonyl (C=O) groups is 1. The van der Waals surface area contributed by atoms with Gasteiger partial charge in [-0.15, -0.1) is 6.58 Å². The Morgan fingerprint density at radius 3 is 2.65 bits per heavy atom. The molecule has 1 amide bonds. The zero-order chi connectivity index (χ0) is 13.3. The maximum Gasteiger partial charge on any atom is 0.412 e. The van der Waals surface area contributed by atoms with Gasteiger partial charge in [0.15, 0.2) is 0 Å². The minimum absolute atomic E-state index is 0.0114. The lowest BCUT2D eigenvalue weighted by molar-refractivity contribution is -0.0623. The highest BCUT2D eigenvalue weighted by atomic mass is 16.6. The van der Waals surface area contributed by atoms with Gasteiger partial charge in [-0.3, -0.25) is 4.90 Å². The Balaban J connectivity index is 2.82. The van der Waals surface area contributed by atoms with E-state index in [1.165, 1.54) is 0 Å². The molecule has 0 N–H and O–H groups in total. The predicted molar refractivity (Wildman–Crippen MR) is 66.7 cm³/mol. The largest absolute Gasteiger partial charge is 0.444 e. The monoisotopic (exact) mass is 241 g/mol. The van der Waals surface area contributed by atoms with Crippen molar-refractivity contribution in [1.82, 2.24) is 4.90 Å². The van der Waals surface area contributed by atoms with Crippen molar-refractivity contribution in [3.05, 3.63) is 12.7 Å². The van der Waals surface area contributed by atoms with E-state index in [1.807, 2.05) is 34.6 Å². The van der Waals surface area contributed by atoms with E-state index in [0.29, 0.717) is 13.0 Å². The topological polar surface area (TPSA) is 38.8 Å². The fourth-order valence-corrected chi connectivity index (χ4v) is 1.93. The number of carbonyl (C=O) groups excluding carboxylic acids is 1. The lowest BCUT2D eigenvalue weighted by Crippen LogP contribution is -2.49. The first-order valence-corrected chi connectivity index (χ1v) is 5.94. The molecule has 1 aliphatic rings. The summed E-state index contributed by atoms with van der Waals surface area (Å²) >= 11 is 0. The molecular formula is C13H23NO3. The van der Waals surface area contributed by atoms with Crippen molar-refractivity contribution in [3.63, 3.8) is 0 Å². The molecule has 4 nitrogen and oxygen atoms in total. The molecule has 0 aromatic carbocycles. The minimum atomic E-state index is -0.615. The summed E-state index contributed by atoms with van der Waals surface area (Å²) in [7, 11) is 0. The van der Waals surface area contributed by atoms with Crippen LogP contribution < -0.4 is 0 Å². The van der Waals surface area contributed by atoms with Gasteiger partial charge in [0.1, 0.15) is 11.3 Å². The van der Waals surface area contributed by atoms with Crippen molar-refractivity contribution in [3.8, 4) is 0 Å². The van der Waals surface area contributed by atoms with Crippen molar-refractivity contribution >= 4 is 6.09 Å². The Kier molecular flexibility index (Phi) is 3.87. The van der Waals surface area contributed by atoms with Gasteiger partial charge in [-0.25, -0.2) is 4.79 Å². The molecule has 0 radical (unpaired) electrons. The fraction of sp³-hybridized carbons (Fsp3) is 0.769. The molecule has 1 fully saturated rings. The number of ether oxygens (including phenoxy) is 2. The van der Waals surface area contributed by atoms with Crippen LogP contribution in [0.2, 0.25) is 0 Å². The first-order valence-electron chi connectivity index (χ1n) is 5.94. The van der Waals surface area contributed by atoms with Gasteiger partial charge < -0.3 is 9.47 Å². The molecule has 1 saturated heterocycles. The summed E-state index contributed by atoms with van der Waals surface area (Å²) < 4.78 is 11.0. The van der Waals surface area contributed by atoms with E-state index in [0.717, 1.165) is 0 Å². The van der Waals surface area contributed by atoms with Crippen LogP contribution in [0.3, 0.4) is 0 Å². The molecule has 1 heterocycles. The van der Waals surface area contributed by atoms with E-state index < -0.39 is 11.3 Å². The van der Waals surface area contributed by atoms with Gasteiger partial charge >= 0.3 is 6.09 Å². The molecule has 0 bridgehead atoms. The lowest BCUT2D eigenvalue weighted by atomic mass is 10.1. The van der Waals surface area contributed by atoms with Crippen LogP contribution in [-0.2, 0) is 9.47 Å². The Bertz CT molecular complexity index is 304. The third-order valence-corrected chi connectivity index (χ3v) is 2.60. The summed E-state index contributed by atoms with van der Waals surface area (Å²) in [6, 6.07) is 0.0114. The van der Waals surface area contributed by atoms with Crippen molar-refractivity contribution in [2.75, 3.05) is 6.61 Å². The Labute approximate surface area is 104 Å². The fourth-order valence-electron chi connectivity index (χ4n) is 1.93. The second-order valence-electron chi connectivity index (χ2n) is 5.79. The summed E-state index contributed by atoms with van der Waals surface area (Å²) in [5.74, 6) is 0. The summed E-state index contributed by atoms with van der Waals surface area (Å²) in [4.78, 5) is 13.8. The number of nitrogens with zero attached hydrogens (tertiary/aromatic N) is 1. The van der Waals surface area contributed by atoms with Gasteiger partial charge in [-0.1, -0.05) is 6.08 Å². The van der Waals surface area contributed by atoms with Gasteiger partial charge in [0, 0.05) is 0 Å². The van der Waals surface area contributed by atoms with Gasteiger partial charge in [-0.2, -0.15) is 0 Å². The van der Waals surface area contributed by atoms with E-state index in [2.05, 4.69) is 6.58 Å². The standard InChI is InChI=1S/C13H23NO3/c1-7-8-10-9-16-13(5,6)14(10)11(15)17-12(2,3)4/h7,10H,1,8-9H2,2-6H3/t10-/m0/s1. The Morgan fingerprint density at radius 2 is 2.18 bits per heavy atom. The second kappa shape index (κ2) is 4.69. The smallest absolute Gasteiger partial charge is 0.412 e. The zero-order valence-electron chi connectivity index (χ0n) is 11.4. The Hall–Kier alpha value is -1.03. The van der Waals surface area contributed by atoms with Gasteiger partial charge in [0.25, 0.3) is 0 Å². The van der Waals surface area contributed by atoms with E-state index in [4.69, 9.17) is 9.47 Å². The zero-order valence-corrected chi connectivity index (χ0v) is 11.4. The van der Waals surface area contributed by atoms with Crippen LogP contribution in [0.25, 0.3) is 0 Å². The highest BCUT2D eigenvalue weighted by Crippen LogP contribution is 2.30. The van der Waals surface area contributed by atoms with E-state index >= 15 is 0 Å². The second-order valence-corrected chi connectivity index (χ2v) is 5.79. The number of amides is 1. The van der Waals surface area contributed by atoms with Gasteiger partial charge in [-0.05, 0) is 41.0 Å². The summed E-state index contributed by atoms with van der Waals surface area (Å²) in [5.41, 5.74) is -1.11. The maximum absolute atomic E-state index is 12.2. The molecule has 0 spiro atoms. The minimum Gasteiger partial charge on any atom is -0.444 e. The average molecular weight is 241 g/mol. The molecule has 0 aromatic rings. The molecular weight excluding hydrogens is 218 g/mol. The summed E-state index contributed by atoms with van der Waals surface area (Å²) in [5, 5.41) is 0. The molecule has 98 valence electrons. The van der Waals surface area contributed by atoms with Crippen LogP contribution in [0.15, 0.2) is 12.7 Å². The Morgan fingerprint density at radius 1 is 1.59 bits per heavy atom. The van der Waals surface area contributed by atoms with Crippen LogP contribution in [0, 0.1) is 0 Å². The summed E-state index contributed by atoms with van der Waals surface area (Å²) in [6.45, 7) is 13.6. The van der Waals surface area contributed by atoms with Crippen LogP contribution in [0.5, 0.6) is 0 Å². The molecule has 1 atom stereocenters. The van der Waals surface area contributed by atoms with E-state index in [9.17, 15) is 4.79 Å². The van der Waals surface area contributed by atoms with Gasteiger partial charge in [0.05, 0.1) is 12.6 Å². The van der Waals surface area contributed by atoms with Crippen molar-refractivity contribution in [2.45, 2.75) is 58.4 Å². The van der Waals surface area contributed by atoms with E-state index in [1.54, 1.807) is 11.0 Å². The molecule has 0 saturated carbocycles. The first-order chi connectivity index (χ1) is 7.67. The molecule has 0 unspecified atom stereocenters. The molecule has 1 rings (SSSR count). The van der Waals surface area contributed by atoms with Crippen molar-refractivity contribution < 1.29 is 14.3 Å². The number of hydrogen-bond donors (Lipinski definition) is 0. The molecule has 4 heteroatoms. The highest BCUT2D eigenvalue weighted by Gasteiger charge is 2.44. The van der Waals surface area contributed by atoms with Crippen LogP contribution in [0.4, 0.5) is 4.79 Å². The van der Waals surface area contributed by atoms with E-state index in [-0.39, 0.29) is 12.1 Å².